The van der Waals surface area contributed by atoms with Crippen LogP contribution >= 0.6 is 11.3 Å². The fourth-order valence-corrected chi connectivity index (χ4v) is 5.00. The summed E-state index contributed by atoms with van der Waals surface area (Å²) in [6.07, 6.45) is 2.35. The molecule has 9 nitrogen and oxygen atoms in total. The number of carboxylic acids is 1. The number of aliphatic hydroxyl groups is 1. The first-order valence-electron chi connectivity index (χ1n) is 10.5. The molecule has 0 unspecified atom stereocenters. The summed E-state index contributed by atoms with van der Waals surface area (Å²) in [4.78, 5) is 44.0. The lowest BCUT2D eigenvalue weighted by Gasteiger charge is -2.37. The molecule has 0 saturated carbocycles. The number of likely N-dealkylation sites (tertiary alicyclic amines) is 1. The number of nitrogens with zero attached hydrogens (tertiary/aromatic N) is 3. The van der Waals surface area contributed by atoms with Crippen LogP contribution in [-0.4, -0.2) is 55.4 Å². The largest absolute Gasteiger partial charge is 0.478 e. The Balaban J connectivity index is 2.03. The van der Waals surface area contributed by atoms with E-state index in [0.717, 1.165) is 6.42 Å². The normalized spacial score (nSPS) is 17.8. The molecular formula is C22H29N3O6S. The average Bonchev–Trinajstić information content (AvgIpc) is 3.08. The molecule has 32 heavy (non-hydrogen) atoms. The van der Waals surface area contributed by atoms with Crippen LogP contribution in [0, 0.1) is 12.8 Å². The number of carbonyl (C=O) groups is 2. The lowest BCUT2D eigenvalue weighted by molar-refractivity contribution is 0.0143. The van der Waals surface area contributed by atoms with E-state index in [2.05, 4.69) is 4.98 Å². The molecule has 2 aromatic rings. The number of carbonyl (C=O) groups excluding carboxylic acids is 1. The Labute approximate surface area is 190 Å². The highest BCUT2D eigenvalue weighted by Gasteiger charge is 2.35. The average molecular weight is 464 g/mol. The number of aryl methyl sites for hydroxylation is 1. The molecule has 3 heterocycles. The van der Waals surface area contributed by atoms with Crippen LogP contribution in [0.4, 0.5) is 4.79 Å². The van der Waals surface area contributed by atoms with Crippen LogP contribution in [0.2, 0.25) is 0 Å². The van der Waals surface area contributed by atoms with Crippen LogP contribution in [0.25, 0.3) is 0 Å². The Bertz CT molecular complexity index is 1050. The molecule has 1 amide bonds. The number of hydrogen-bond acceptors (Lipinski definition) is 7. The minimum Gasteiger partial charge on any atom is -0.478 e. The number of thiazole rings is 1. The van der Waals surface area contributed by atoms with Gasteiger partial charge in [-0.15, -0.1) is 11.3 Å². The molecule has 1 aliphatic heterocycles. The first-order chi connectivity index (χ1) is 15.0. The highest BCUT2D eigenvalue weighted by molar-refractivity contribution is 7.11. The van der Waals surface area contributed by atoms with Crippen molar-refractivity contribution < 1.29 is 24.5 Å². The van der Waals surface area contributed by atoms with Crippen LogP contribution in [0.5, 0.6) is 0 Å². The fourth-order valence-electron chi connectivity index (χ4n) is 3.88. The second-order valence-electron chi connectivity index (χ2n) is 8.96. The van der Waals surface area contributed by atoms with Crippen LogP contribution in [0.1, 0.15) is 65.6 Å². The number of aromatic nitrogens is 2. The van der Waals surface area contributed by atoms with Crippen LogP contribution in [-0.2, 0) is 11.3 Å². The summed E-state index contributed by atoms with van der Waals surface area (Å²) < 4.78 is 6.92. The minimum atomic E-state index is -1.14. The van der Waals surface area contributed by atoms with Gasteiger partial charge in [0.05, 0.1) is 28.8 Å². The molecule has 0 radical (unpaired) electrons. The SMILES string of the molecule is Cc1nc([C@H]([C@@H]2CCCN(C(=O)OC(C)(C)C)C2)n2cc(C(=O)O)ccc2=O)sc1CO. The maximum absolute atomic E-state index is 12.8. The quantitative estimate of drug-likeness (QED) is 0.699. The molecule has 0 spiro atoms. The van der Waals surface area contributed by atoms with E-state index < -0.39 is 23.7 Å². The van der Waals surface area contributed by atoms with Crippen molar-refractivity contribution in [1.29, 1.82) is 0 Å². The van der Waals surface area contributed by atoms with Gasteiger partial charge in [0.1, 0.15) is 10.6 Å². The molecule has 0 aromatic carbocycles. The number of amides is 1. The predicted octanol–water partition coefficient (Wildman–Crippen LogP) is 3.04. The van der Waals surface area contributed by atoms with E-state index >= 15 is 0 Å². The van der Waals surface area contributed by atoms with E-state index in [9.17, 15) is 24.6 Å². The smallest absolute Gasteiger partial charge is 0.410 e. The number of aliphatic hydroxyl groups excluding tert-OH is 1. The number of aromatic carboxylic acids is 1. The fraction of sp³-hybridized carbons (Fsp3) is 0.545. The van der Waals surface area contributed by atoms with Crippen molar-refractivity contribution in [1.82, 2.24) is 14.5 Å². The summed E-state index contributed by atoms with van der Waals surface area (Å²) in [6, 6.07) is 1.94. The Kier molecular flexibility index (Phi) is 7.04. The number of rotatable bonds is 5. The van der Waals surface area contributed by atoms with E-state index in [1.54, 1.807) is 32.6 Å². The van der Waals surface area contributed by atoms with Crippen molar-refractivity contribution in [3.8, 4) is 0 Å². The van der Waals surface area contributed by atoms with E-state index in [0.29, 0.717) is 35.1 Å². The van der Waals surface area contributed by atoms with Crippen molar-refractivity contribution in [3.05, 3.63) is 49.8 Å². The summed E-state index contributed by atoms with van der Waals surface area (Å²) in [6.45, 7) is 7.92. The summed E-state index contributed by atoms with van der Waals surface area (Å²) in [7, 11) is 0. The van der Waals surface area contributed by atoms with Crippen molar-refractivity contribution >= 4 is 23.4 Å². The summed E-state index contributed by atoms with van der Waals surface area (Å²) in [5.41, 5.74) is -0.323. The number of ether oxygens (including phenoxy) is 1. The van der Waals surface area contributed by atoms with Crippen LogP contribution < -0.4 is 5.56 Å². The first-order valence-corrected chi connectivity index (χ1v) is 11.3. The molecule has 2 atom stereocenters. The molecule has 2 aromatic heterocycles. The zero-order valence-corrected chi connectivity index (χ0v) is 19.5. The standard InChI is InChI=1S/C22H29N3O6S/c1-13-16(12-26)32-19(23-13)18(25-11-15(20(28)29)7-8-17(25)27)14-6-5-9-24(10-14)21(30)31-22(2,3)4/h7-8,11,14,18,26H,5-6,9-10,12H2,1-4H3,(H,28,29)/t14-,18+/m1/s1. The Morgan fingerprint density at radius 1 is 1.34 bits per heavy atom. The number of pyridine rings is 1. The van der Waals surface area contributed by atoms with Crippen molar-refractivity contribution in [3.63, 3.8) is 0 Å². The van der Waals surface area contributed by atoms with Gasteiger partial charge in [-0.25, -0.2) is 14.6 Å². The number of carboxylic acid groups (broad SMARTS) is 1. The lowest BCUT2D eigenvalue weighted by Crippen LogP contribution is -2.45. The number of piperidine rings is 1. The third-order valence-electron chi connectivity index (χ3n) is 5.35. The van der Waals surface area contributed by atoms with Gasteiger partial charge in [0.15, 0.2) is 0 Å². The van der Waals surface area contributed by atoms with Gasteiger partial charge >= 0.3 is 12.1 Å². The molecule has 2 N–H and O–H groups in total. The predicted molar refractivity (Wildman–Crippen MR) is 119 cm³/mol. The molecule has 1 fully saturated rings. The van der Waals surface area contributed by atoms with E-state index in [1.165, 1.54) is 34.2 Å². The van der Waals surface area contributed by atoms with Crippen molar-refractivity contribution in [2.24, 2.45) is 5.92 Å². The zero-order valence-electron chi connectivity index (χ0n) is 18.7. The summed E-state index contributed by atoms with van der Waals surface area (Å²) >= 11 is 1.30. The van der Waals surface area contributed by atoms with E-state index in [4.69, 9.17) is 4.74 Å². The second kappa shape index (κ2) is 9.41. The second-order valence-corrected chi connectivity index (χ2v) is 10.1. The molecule has 10 heteroatoms. The zero-order chi connectivity index (χ0) is 23.6. The molecule has 1 aliphatic rings. The molecular weight excluding hydrogens is 434 g/mol. The monoisotopic (exact) mass is 463 g/mol. The Morgan fingerprint density at radius 2 is 2.06 bits per heavy atom. The molecule has 0 bridgehead atoms. The van der Waals surface area contributed by atoms with Gasteiger partial charge in [-0.3, -0.25) is 4.79 Å². The van der Waals surface area contributed by atoms with Gasteiger partial charge in [-0.05, 0) is 46.6 Å². The maximum Gasteiger partial charge on any atom is 0.410 e. The van der Waals surface area contributed by atoms with Crippen molar-refractivity contribution in [2.45, 2.75) is 58.8 Å². The number of hydrogen-bond donors (Lipinski definition) is 2. The van der Waals surface area contributed by atoms with Gasteiger partial charge < -0.3 is 24.4 Å². The van der Waals surface area contributed by atoms with Gasteiger partial charge in [-0.1, -0.05) is 0 Å². The van der Waals surface area contributed by atoms with Gasteiger partial charge in [0, 0.05) is 31.3 Å². The Hall–Kier alpha value is -2.72. The summed E-state index contributed by atoms with van der Waals surface area (Å²) in [5, 5.41) is 19.7. The van der Waals surface area contributed by atoms with Crippen LogP contribution in [0.3, 0.4) is 0 Å². The van der Waals surface area contributed by atoms with E-state index in [-0.39, 0.29) is 23.6 Å². The molecule has 174 valence electrons. The van der Waals surface area contributed by atoms with Gasteiger partial charge in [0.25, 0.3) is 5.56 Å². The minimum absolute atomic E-state index is 0.00920. The first kappa shape index (κ1) is 23.9. The third kappa shape index (κ3) is 5.36. The van der Waals surface area contributed by atoms with Gasteiger partial charge in [-0.2, -0.15) is 0 Å². The van der Waals surface area contributed by atoms with Crippen molar-refractivity contribution in [2.75, 3.05) is 13.1 Å². The Morgan fingerprint density at radius 3 is 2.66 bits per heavy atom. The topological polar surface area (TPSA) is 122 Å². The maximum atomic E-state index is 12.8. The van der Waals surface area contributed by atoms with Gasteiger partial charge in [0.2, 0.25) is 0 Å². The van der Waals surface area contributed by atoms with E-state index in [1.807, 2.05) is 0 Å². The van der Waals surface area contributed by atoms with Crippen LogP contribution in [0.15, 0.2) is 23.1 Å². The molecule has 1 saturated heterocycles. The third-order valence-corrected chi connectivity index (χ3v) is 6.56. The summed E-state index contributed by atoms with van der Waals surface area (Å²) in [5.74, 6) is -1.32. The molecule has 3 rings (SSSR count). The lowest BCUT2D eigenvalue weighted by atomic mass is 9.90. The molecule has 0 aliphatic carbocycles. The highest BCUT2D eigenvalue weighted by Crippen LogP contribution is 2.36. The highest BCUT2D eigenvalue weighted by atomic mass is 32.1.